The molecule has 1 saturated carbocycles. The van der Waals surface area contributed by atoms with E-state index >= 15 is 0 Å². The fourth-order valence-electron chi connectivity index (χ4n) is 4.50. The van der Waals surface area contributed by atoms with E-state index in [1.165, 1.54) is 0 Å². The molecule has 2 fully saturated rings. The van der Waals surface area contributed by atoms with Gasteiger partial charge in [0.2, 0.25) is 11.7 Å². The molecule has 0 unspecified atom stereocenters. The second-order valence-electron chi connectivity index (χ2n) is 7.82. The average Bonchev–Trinajstić information content (AvgIpc) is 3.41. The van der Waals surface area contributed by atoms with Gasteiger partial charge in [0, 0.05) is 6.42 Å². The van der Waals surface area contributed by atoms with Gasteiger partial charge in [-0.2, -0.15) is 4.98 Å². The topological polar surface area (TPSA) is 177 Å². The summed E-state index contributed by atoms with van der Waals surface area (Å²) in [6, 6.07) is 0. The summed E-state index contributed by atoms with van der Waals surface area (Å²) in [6.07, 6.45) is 1.87. The predicted octanol–water partition coefficient (Wildman–Crippen LogP) is -0.993. The molecule has 2 aromatic rings. The molecule has 4 atom stereocenters. The molecule has 1 saturated heterocycles. The van der Waals surface area contributed by atoms with Crippen LogP contribution in [0.1, 0.15) is 38.5 Å². The highest BCUT2D eigenvalue weighted by molar-refractivity contribution is 5.88. The smallest absolute Gasteiger partial charge is 0.280 e. The molecule has 0 amide bonds. The van der Waals surface area contributed by atoms with Crippen molar-refractivity contribution in [3.8, 4) is 0 Å². The van der Waals surface area contributed by atoms with Crippen molar-refractivity contribution < 1.29 is 24.9 Å². The van der Waals surface area contributed by atoms with Gasteiger partial charge in [0.1, 0.15) is 24.6 Å². The summed E-state index contributed by atoms with van der Waals surface area (Å²) in [5.74, 6) is -0.249. The van der Waals surface area contributed by atoms with Crippen molar-refractivity contribution in [3.63, 3.8) is 0 Å². The summed E-state index contributed by atoms with van der Waals surface area (Å²) in [5, 5.41) is 30.8. The first kappa shape index (κ1) is 20.0. The summed E-state index contributed by atoms with van der Waals surface area (Å²) in [5.41, 5.74) is 2.84. The van der Waals surface area contributed by atoms with Crippen molar-refractivity contribution in [2.75, 3.05) is 12.3 Å². The Balaban J connectivity index is 1.79. The molecule has 4 rings (SSSR count). The normalized spacial score (nSPS) is 30.4. The first-order valence-corrected chi connectivity index (χ1v) is 9.80. The molecule has 6 N–H and O–H groups in total. The standard InChI is InChI=1S/C18H25N5O6/c19-17-21-15-12(16(28)22-17)20-8-23(15)18(14(27)13(26)10(7-24)29-18)11(25)6-5-9-3-1-2-4-9/h8-10,13-14,24,26-27H,1-7H2,(H3,19,21,22,28)/t10-,13-,14-,18-/m1/s1. The van der Waals surface area contributed by atoms with Crippen LogP contribution in [-0.2, 0) is 15.3 Å². The molecule has 0 bridgehead atoms. The maximum absolute atomic E-state index is 13.4. The van der Waals surface area contributed by atoms with Gasteiger partial charge < -0.3 is 25.8 Å². The minimum Gasteiger partial charge on any atom is -0.394 e. The molecule has 1 aliphatic heterocycles. The number of hydrogen-bond donors (Lipinski definition) is 5. The van der Waals surface area contributed by atoms with Gasteiger partial charge >= 0.3 is 0 Å². The number of carbonyl (C=O) groups excluding carboxylic acids is 1. The van der Waals surface area contributed by atoms with E-state index in [-0.39, 0.29) is 23.5 Å². The molecule has 29 heavy (non-hydrogen) atoms. The second-order valence-corrected chi connectivity index (χ2v) is 7.82. The number of carbonyl (C=O) groups is 1. The predicted molar refractivity (Wildman–Crippen MR) is 101 cm³/mol. The highest BCUT2D eigenvalue weighted by Gasteiger charge is 2.60. The van der Waals surface area contributed by atoms with Crippen molar-refractivity contribution in [2.45, 2.75) is 62.6 Å². The van der Waals surface area contributed by atoms with Crippen LogP contribution in [0.25, 0.3) is 11.2 Å². The number of fused-ring (bicyclic) bond motifs is 1. The number of Topliss-reactive ketones (excluding diaryl/α,β-unsaturated/α-hetero) is 1. The Bertz CT molecular complexity index is 967. The highest BCUT2D eigenvalue weighted by atomic mass is 16.6. The molecule has 1 aliphatic carbocycles. The zero-order valence-electron chi connectivity index (χ0n) is 15.8. The lowest BCUT2D eigenvalue weighted by molar-refractivity contribution is -0.174. The highest BCUT2D eigenvalue weighted by Crippen LogP contribution is 2.40. The van der Waals surface area contributed by atoms with Gasteiger partial charge in [-0.25, -0.2) is 4.98 Å². The number of aliphatic hydroxyl groups is 3. The minimum atomic E-state index is -2.06. The van der Waals surface area contributed by atoms with Gasteiger partial charge in [0.25, 0.3) is 5.56 Å². The average molecular weight is 407 g/mol. The zero-order valence-corrected chi connectivity index (χ0v) is 15.8. The molecular weight excluding hydrogens is 382 g/mol. The van der Waals surface area contributed by atoms with Gasteiger partial charge in [-0.3, -0.25) is 19.1 Å². The zero-order chi connectivity index (χ0) is 20.8. The number of nitrogens with zero attached hydrogens (tertiary/aromatic N) is 3. The van der Waals surface area contributed by atoms with Crippen molar-refractivity contribution in [3.05, 3.63) is 16.7 Å². The number of nitrogen functional groups attached to an aromatic ring is 1. The van der Waals surface area contributed by atoms with Crippen LogP contribution in [-0.4, -0.2) is 65.5 Å². The molecule has 0 aromatic carbocycles. The number of hydrogen-bond acceptors (Lipinski definition) is 9. The number of ketones is 1. The number of H-pyrrole nitrogens is 1. The van der Waals surface area contributed by atoms with Gasteiger partial charge in [0.05, 0.1) is 6.61 Å². The van der Waals surface area contributed by atoms with Crippen LogP contribution >= 0.6 is 0 Å². The summed E-state index contributed by atoms with van der Waals surface area (Å²) in [4.78, 5) is 35.9. The van der Waals surface area contributed by atoms with Crippen molar-refractivity contribution in [2.24, 2.45) is 5.92 Å². The first-order chi connectivity index (χ1) is 13.9. The number of nitrogens with two attached hydrogens (primary N) is 1. The number of aliphatic hydroxyl groups excluding tert-OH is 3. The fourth-order valence-corrected chi connectivity index (χ4v) is 4.50. The third-order valence-corrected chi connectivity index (χ3v) is 6.05. The maximum atomic E-state index is 13.4. The SMILES string of the molecule is Nc1nc2c(ncn2[C@]2(C(=O)CCC3CCCC3)O[C@H](CO)[C@@H](O)[C@H]2O)c(=O)[nH]1. The Morgan fingerprint density at radius 3 is 2.76 bits per heavy atom. The molecule has 0 spiro atoms. The molecule has 2 aliphatic rings. The molecule has 2 aromatic heterocycles. The minimum absolute atomic E-state index is 0.0506. The van der Waals surface area contributed by atoms with Crippen LogP contribution in [0, 0.1) is 5.92 Å². The van der Waals surface area contributed by atoms with E-state index in [0.717, 1.165) is 36.6 Å². The number of aromatic amines is 1. The van der Waals surface area contributed by atoms with E-state index in [4.69, 9.17) is 10.5 Å². The Morgan fingerprint density at radius 1 is 1.38 bits per heavy atom. The van der Waals surface area contributed by atoms with Crippen LogP contribution < -0.4 is 11.3 Å². The van der Waals surface area contributed by atoms with E-state index in [1.807, 2.05) is 0 Å². The Morgan fingerprint density at radius 2 is 2.10 bits per heavy atom. The van der Waals surface area contributed by atoms with Crippen LogP contribution in [0.2, 0.25) is 0 Å². The fraction of sp³-hybridized carbons (Fsp3) is 0.667. The number of imidazole rings is 1. The third-order valence-electron chi connectivity index (χ3n) is 6.05. The lowest BCUT2D eigenvalue weighted by Gasteiger charge is -2.32. The maximum Gasteiger partial charge on any atom is 0.280 e. The van der Waals surface area contributed by atoms with E-state index < -0.39 is 42.0 Å². The molecule has 0 radical (unpaired) electrons. The van der Waals surface area contributed by atoms with Crippen molar-refractivity contribution in [1.82, 2.24) is 19.5 Å². The van der Waals surface area contributed by atoms with E-state index in [1.54, 1.807) is 0 Å². The number of rotatable bonds is 6. The van der Waals surface area contributed by atoms with Crippen molar-refractivity contribution >= 4 is 22.9 Å². The summed E-state index contributed by atoms with van der Waals surface area (Å²) in [7, 11) is 0. The van der Waals surface area contributed by atoms with E-state index in [2.05, 4.69) is 15.0 Å². The van der Waals surface area contributed by atoms with Crippen LogP contribution in [0.5, 0.6) is 0 Å². The number of ether oxygens (including phenoxy) is 1. The summed E-state index contributed by atoms with van der Waals surface area (Å²) >= 11 is 0. The van der Waals surface area contributed by atoms with Crippen LogP contribution in [0.4, 0.5) is 5.95 Å². The molecule has 11 heteroatoms. The number of anilines is 1. The third kappa shape index (κ3) is 3.14. The van der Waals surface area contributed by atoms with Crippen molar-refractivity contribution in [1.29, 1.82) is 0 Å². The summed E-state index contributed by atoms with van der Waals surface area (Å²) in [6.45, 7) is -0.599. The van der Waals surface area contributed by atoms with Crippen LogP contribution in [0.15, 0.2) is 11.1 Å². The van der Waals surface area contributed by atoms with Crippen LogP contribution in [0.3, 0.4) is 0 Å². The van der Waals surface area contributed by atoms with Gasteiger partial charge in [-0.15, -0.1) is 0 Å². The molecule has 3 heterocycles. The molecular formula is C18H25N5O6. The van der Waals surface area contributed by atoms with Gasteiger partial charge in [0.15, 0.2) is 16.9 Å². The lowest BCUT2D eigenvalue weighted by Crippen LogP contribution is -2.51. The Labute approximate surface area is 165 Å². The monoisotopic (exact) mass is 407 g/mol. The Kier molecular flexibility index (Phi) is 5.15. The number of aromatic nitrogens is 4. The summed E-state index contributed by atoms with van der Waals surface area (Å²) < 4.78 is 6.91. The van der Waals surface area contributed by atoms with Gasteiger partial charge in [-0.1, -0.05) is 25.7 Å². The second kappa shape index (κ2) is 7.48. The number of nitrogens with one attached hydrogen (secondary N) is 1. The first-order valence-electron chi connectivity index (χ1n) is 9.80. The largest absolute Gasteiger partial charge is 0.394 e. The van der Waals surface area contributed by atoms with Gasteiger partial charge in [-0.05, 0) is 12.3 Å². The quantitative estimate of drug-likeness (QED) is 0.402. The van der Waals surface area contributed by atoms with E-state index in [9.17, 15) is 24.9 Å². The van der Waals surface area contributed by atoms with E-state index in [0.29, 0.717) is 12.3 Å². The molecule has 158 valence electrons. The molecule has 11 nitrogen and oxygen atoms in total. The Hall–Kier alpha value is -2.34. The lowest BCUT2D eigenvalue weighted by atomic mass is 9.92.